The highest BCUT2D eigenvalue weighted by Gasteiger charge is 2.54. The molecule has 2 atom stereocenters. The van der Waals surface area contributed by atoms with Crippen LogP contribution in [0.15, 0.2) is 33.9 Å². The molecule has 5 N–H and O–H groups in total. The second-order valence-corrected chi connectivity index (χ2v) is 10.3. The molecular formula is C21H23N5O9S2. The number of ether oxygens (including phenoxy) is 1. The van der Waals surface area contributed by atoms with Crippen LogP contribution in [0.25, 0.3) is 0 Å². The van der Waals surface area contributed by atoms with Crippen molar-refractivity contribution in [2.45, 2.75) is 37.8 Å². The predicted molar refractivity (Wildman–Crippen MR) is 130 cm³/mol. The summed E-state index contributed by atoms with van der Waals surface area (Å²) < 4.78 is 4.90. The van der Waals surface area contributed by atoms with Crippen molar-refractivity contribution in [2.24, 2.45) is 10.9 Å². The van der Waals surface area contributed by atoms with Gasteiger partial charge in [-0.1, -0.05) is 11.2 Å². The van der Waals surface area contributed by atoms with E-state index >= 15 is 0 Å². The zero-order chi connectivity index (χ0) is 27.5. The van der Waals surface area contributed by atoms with Gasteiger partial charge in [-0.3, -0.25) is 29.4 Å². The largest absolute Gasteiger partial charge is 0.477 e. The number of esters is 1. The summed E-state index contributed by atoms with van der Waals surface area (Å²) in [5, 5.41) is 18.8. The van der Waals surface area contributed by atoms with Gasteiger partial charge in [0, 0.05) is 18.2 Å². The molecule has 1 aromatic heterocycles. The second-order valence-electron chi connectivity index (χ2n) is 8.24. The quantitative estimate of drug-likeness (QED) is 0.136. The minimum Gasteiger partial charge on any atom is -0.477 e. The number of primary amides is 1. The normalized spacial score (nSPS) is 19.4. The van der Waals surface area contributed by atoms with E-state index in [0.29, 0.717) is 4.88 Å². The lowest BCUT2D eigenvalue weighted by Gasteiger charge is -2.49. The summed E-state index contributed by atoms with van der Waals surface area (Å²) in [7, 11) is 0. The van der Waals surface area contributed by atoms with Crippen LogP contribution >= 0.6 is 23.1 Å². The number of thioether (sulfide) groups is 1. The number of amides is 5. The Morgan fingerprint density at radius 3 is 2.57 bits per heavy atom. The number of carbonyl (C=O) groups is 6. The Bertz CT molecular complexity index is 1210. The van der Waals surface area contributed by atoms with Gasteiger partial charge < -0.3 is 25.7 Å². The number of nitrogens with two attached hydrogens (primary N) is 1. The Labute approximate surface area is 218 Å². The monoisotopic (exact) mass is 553 g/mol. The molecule has 3 rings (SSSR count). The minimum absolute atomic E-state index is 0.161. The van der Waals surface area contributed by atoms with Crippen LogP contribution in [0.2, 0.25) is 0 Å². The first kappa shape index (κ1) is 27.7. The number of oxime groups is 1. The van der Waals surface area contributed by atoms with Gasteiger partial charge >= 0.3 is 18.0 Å². The average Bonchev–Trinajstić information content (AvgIpc) is 3.34. The number of carbonyl (C=O) groups excluding carboxylic acids is 5. The molecule has 198 valence electrons. The van der Waals surface area contributed by atoms with E-state index in [1.165, 1.54) is 32.5 Å². The lowest BCUT2D eigenvalue weighted by atomic mass is 10.0. The van der Waals surface area contributed by atoms with Crippen LogP contribution in [0.3, 0.4) is 0 Å². The van der Waals surface area contributed by atoms with Crippen LogP contribution in [0.1, 0.15) is 25.6 Å². The maximum atomic E-state index is 13.1. The third-order valence-corrected chi connectivity index (χ3v) is 7.32. The van der Waals surface area contributed by atoms with E-state index in [4.69, 9.17) is 15.3 Å². The molecule has 2 aliphatic rings. The molecule has 2 aliphatic heterocycles. The van der Waals surface area contributed by atoms with Gasteiger partial charge in [0.1, 0.15) is 23.7 Å². The van der Waals surface area contributed by atoms with E-state index in [1.807, 2.05) is 5.32 Å². The van der Waals surface area contributed by atoms with E-state index in [1.54, 1.807) is 17.5 Å². The molecule has 0 aromatic carbocycles. The standard InChI is InChI=1S/C21H23N5O9S2/c1-9(27)34-7-10-8-37-17-13(16(29)26(17)14(10)18(30)31)23-15(28)12(11-5-4-6-36-11)25-35-21(2,3)19(32)24-20(22)33/h4-6,13,17H,7-8H2,1-3H3,(H,23,28)(H,30,31)(H3,22,24,32,33)/t13-,17-/m1/s1. The van der Waals surface area contributed by atoms with Crippen molar-refractivity contribution in [2.75, 3.05) is 12.4 Å². The molecule has 0 saturated carbocycles. The van der Waals surface area contributed by atoms with Crippen molar-refractivity contribution in [1.82, 2.24) is 15.5 Å². The number of β-lactam (4-membered cyclic amide) rings is 1. The van der Waals surface area contributed by atoms with Gasteiger partial charge in [0.05, 0.1) is 4.88 Å². The number of urea groups is 1. The van der Waals surface area contributed by atoms with E-state index in [2.05, 4.69) is 10.5 Å². The Kier molecular flexibility index (Phi) is 8.22. The van der Waals surface area contributed by atoms with Gasteiger partial charge in [-0.05, 0) is 25.3 Å². The molecule has 0 aliphatic carbocycles. The van der Waals surface area contributed by atoms with Crippen molar-refractivity contribution >= 4 is 64.5 Å². The van der Waals surface area contributed by atoms with Crippen LogP contribution in [0.4, 0.5) is 4.79 Å². The number of nitrogens with one attached hydrogen (secondary N) is 2. The Morgan fingerprint density at radius 2 is 2.00 bits per heavy atom. The zero-order valence-electron chi connectivity index (χ0n) is 19.8. The highest BCUT2D eigenvalue weighted by Crippen LogP contribution is 2.40. The number of carboxylic acids is 1. The van der Waals surface area contributed by atoms with Gasteiger partial charge in [0.25, 0.3) is 17.7 Å². The summed E-state index contributed by atoms with van der Waals surface area (Å²) in [6, 6.07) is 1.05. The van der Waals surface area contributed by atoms with Gasteiger partial charge in [0.15, 0.2) is 5.71 Å². The molecule has 1 saturated heterocycles. The van der Waals surface area contributed by atoms with Crippen LogP contribution in [0.5, 0.6) is 0 Å². The van der Waals surface area contributed by atoms with Gasteiger partial charge in [-0.25, -0.2) is 9.59 Å². The van der Waals surface area contributed by atoms with Crippen molar-refractivity contribution in [3.8, 4) is 0 Å². The molecule has 1 aromatic rings. The third-order valence-electron chi connectivity index (χ3n) is 5.10. The number of imide groups is 1. The Balaban J connectivity index is 1.79. The number of hydrogen-bond acceptors (Lipinski definition) is 11. The molecule has 14 nitrogen and oxygen atoms in total. The fourth-order valence-corrected chi connectivity index (χ4v) is 5.30. The predicted octanol–water partition coefficient (Wildman–Crippen LogP) is -0.256. The molecule has 0 bridgehead atoms. The second kappa shape index (κ2) is 11.0. The first-order valence-electron chi connectivity index (χ1n) is 10.6. The summed E-state index contributed by atoms with van der Waals surface area (Å²) in [5.41, 5.74) is 3.00. The molecule has 0 radical (unpaired) electrons. The van der Waals surface area contributed by atoms with Crippen molar-refractivity contribution in [3.63, 3.8) is 0 Å². The number of nitrogens with zero attached hydrogens (tertiary/aromatic N) is 2. The van der Waals surface area contributed by atoms with Gasteiger partial charge in [0.2, 0.25) is 5.60 Å². The summed E-state index contributed by atoms with van der Waals surface area (Å²) in [6.45, 7) is 3.51. The Morgan fingerprint density at radius 1 is 1.30 bits per heavy atom. The number of carboxylic acid groups (broad SMARTS) is 1. The van der Waals surface area contributed by atoms with E-state index in [0.717, 1.165) is 16.2 Å². The first-order chi connectivity index (χ1) is 17.3. The average molecular weight is 554 g/mol. The Hall–Kier alpha value is -3.92. The van der Waals surface area contributed by atoms with Crippen LogP contribution in [-0.2, 0) is 33.5 Å². The van der Waals surface area contributed by atoms with Crippen LogP contribution in [0, 0.1) is 0 Å². The summed E-state index contributed by atoms with van der Waals surface area (Å²) in [6.07, 6.45) is 0. The lowest BCUT2D eigenvalue weighted by Crippen LogP contribution is -2.71. The van der Waals surface area contributed by atoms with Crippen LogP contribution in [-0.4, -0.2) is 80.8 Å². The molecule has 1 fully saturated rings. The minimum atomic E-state index is -1.68. The molecule has 0 unspecified atom stereocenters. The lowest BCUT2D eigenvalue weighted by molar-refractivity contribution is -0.150. The van der Waals surface area contributed by atoms with E-state index in [9.17, 15) is 33.9 Å². The maximum absolute atomic E-state index is 13.1. The number of rotatable bonds is 9. The maximum Gasteiger partial charge on any atom is 0.352 e. The first-order valence-corrected chi connectivity index (χ1v) is 12.5. The third kappa shape index (κ3) is 6.08. The SMILES string of the molecule is CC(=O)OCC1=C(C(=O)O)N2C(=O)[C@@H](NC(=O)C(=NOC(C)(C)C(=O)NC(N)=O)c3cccs3)[C@H]2SC1. The van der Waals surface area contributed by atoms with Gasteiger partial charge in [-0.2, -0.15) is 0 Å². The smallest absolute Gasteiger partial charge is 0.352 e. The van der Waals surface area contributed by atoms with E-state index < -0.39 is 52.7 Å². The number of hydrogen-bond donors (Lipinski definition) is 4. The van der Waals surface area contributed by atoms with E-state index in [-0.39, 0.29) is 29.3 Å². The molecule has 0 spiro atoms. The summed E-state index contributed by atoms with van der Waals surface area (Å²) in [5.74, 6) is -4.17. The number of thiophene rings is 1. The molecule has 16 heteroatoms. The fraction of sp³-hybridized carbons (Fsp3) is 0.381. The molecule has 5 amide bonds. The van der Waals surface area contributed by atoms with Crippen molar-refractivity contribution < 1.29 is 43.4 Å². The van der Waals surface area contributed by atoms with Crippen molar-refractivity contribution in [3.05, 3.63) is 33.7 Å². The molecule has 37 heavy (non-hydrogen) atoms. The molecule has 3 heterocycles. The van der Waals surface area contributed by atoms with Gasteiger partial charge in [-0.15, -0.1) is 23.1 Å². The fourth-order valence-electron chi connectivity index (χ4n) is 3.27. The number of aliphatic carboxylic acids is 1. The topological polar surface area (TPSA) is 207 Å². The molecular weight excluding hydrogens is 530 g/mol. The van der Waals surface area contributed by atoms with Crippen molar-refractivity contribution in [1.29, 1.82) is 0 Å². The zero-order valence-corrected chi connectivity index (χ0v) is 21.4. The number of fused-ring (bicyclic) bond motifs is 1. The highest BCUT2D eigenvalue weighted by atomic mass is 32.2. The summed E-state index contributed by atoms with van der Waals surface area (Å²) in [4.78, 5) is 78.8. The highest BCUT2D eigenvalue weighted by molar-refractivity contribution is 8.00. The van der Waals surface area contributed by atoms with Crippen LogP contribution < -0.4 is 16.4 Å². The summed E-state index contributed by atoms with van der Waals surface area (Å²) >= 11 is 2.34.